The highest BCUT2D eigenvalue weighted by Gasteiger charge is 2.23. The predicted molar refractivity (Wildman–Crippen MR) is 132 cm³/mol. The molecule has 2 aromatic heterocycles. The third-order valence-electron chi connectivity index (χ3n) is 5.42. The zero-order valence-electron chi connectivity index (χ0n) is 18.7. The molecule has 0 saturated heterocycles. The van der Waals surface area contributed by atoms with Gasteiger partial charge in [-0.1, -0.05) is 58.2 Å². The lowest BCUT2D eigenvalue weighted by atomic mass is 10.1. The molecule has 1 N–H and O–H groups in total. The van der Waals surface area contributed by atoms with E-state index >= 15 is 0 Å². The number of nitrogens with zero attached hydrogens (tertiary/aromatic N) is 3. The molecule has 10 heteroatoms. The molecule has 0 radical (unpaired) electrons. The summed E-state index contributed by atoms with van der Waals surface area (Å²) in [7, 11) is 0. The number of halogens is 3. The number of anilines is 1. The van der Waals surface area contributed by atoms with Crippen LogP contribution in [0.4, 0.5) is 5.82 Å². The van der Waals surface area contributed by atoms with Crippen LogP contribution in [0.2, 0.25) is 15.1 Å². The fraction of sp³-hybridized carbons (Fsp3) is 0.208. The van der Waals surface area contributed by atoms with Gasteiger partial charge in [0, 0.05) is 16.2 Å². The average Bonchev–Trinajstić information content (AvgIpc) is 3.33. The van der Waals surface area contributed by atoms with Crippen molar-refractivity contribution in [3.05, 3.63) is 91.4 Å². The van der Waals surface area contributed by atoms with Gasteiger partial charge in [-0.2, -0.15) is 5.10 Å². The van der Waals surface area contributed by atoms with E-state index < -0.39 is 5.91 Å². The standard InChI is InChI=1S/C24H21Cl3N4O3/c1-13-5-4-6-21(14(13)2)33-12-18-15(3)34-30-22(18)24(32)28-23-20(27)11-31(29-23)10-16-7-8-17(25)9-19(16)26/h4-9,11H,10,12H2,1-3H3,(H,28,29,32). The number of carbonyl (C=O) groups is 1. The molecule has 7 nitrogen and oxygen atoms in total. The van der Waals surface area contributed by atoms with Gasteiger partial charge in [0.15, 0.2) is 11.5 Å². The first kappa shape index (κ1) is 24.1. The number of hydrogen-bond donors (Lipinski definition) is 1. The zero-order chi connectivity index (χ0) is 24.4. The van der Waals surface area contributed by atoms with Crippen LogP contribution >= 0.6 is 34.8 Å². The molecule has 2 aromatic carbocycles. The Bertz CT molecular complexity index is 1360. The van der Waals surface area contributed by atoms with E-state index in [-0.39, 0.29) is 23.1 Å². The molecule has 1 amide bonds. The van der Waals surface area contributed by atoms with Crippen LogP contribution < -0.4 is 10.1 Å². The maximum atomic E-state index is 13.0. The molecule has 0 atom stereocenters. The van der Waals surface area contributed by atoms with E-state index in [1.54, 1.807) is 36.0 Å². The Kier molecular flexibility index (Phi) is 7.16. The Morgan fingerprint density at radius 1 is 1.12 bits per heavy atom. The number of nitrogens with one attached hydrogen (secondary N) is 1. The maximum Gasteiger partial charge on any atom is 0.279 e. The Balaban J connectivity index is 1.49. The molecule has 4 aromatic rings. The van der Waals surface area contributed by atoms with E-state index in [1.807, 2.05) is 32.0 Å². The highest BCUT2D eigenvalue weighted by atomic mass is 35.5. The molecule has 176 valence electrons. The summed E-state index contributed by atoms with van der Waals surface area (Å²) in [4.78, 5) is 13.0. The van der Waals surface area contributed by atoms with Crippen LogP contribution in [0.25, 0.3) is 0 Å². The number of aryl methyl sites for hydroxylation is 2. The lowest BCUT2D eigenvalue weighted by Gasteiger charge is -2.11. The summed E-state index contributed by atoms with van der Waals surface area (Å²) in [5, 5.41) is 12.3. The van der Waals surface area contributed by atoms with Crippen LogP contribution in [0.3, 0.4) is 0 Å². The van der Waals surface area contributed by atoms with Crippen molar-refractivity contribution in [3.63, 3.8) is 0 Å². The van der Waals surface area contributed by atoms with Gasteiger partial charge in [-0.3, -0.25) is 9.48 Å². The first-order chi connectivity index (χ1) is 16.2. The molecule has 0 aliphatic carbocycles. The van der Waals surface area contributed by atoms with Crippen molar-refractivity contribution >= 4 is 46.5 Å². The first-order valence-corrected chi connectivity index (χ1v) is 11.5. The second-order valence-electron chi connectivity index (χ2n) is 7.77. The van der Waals surface area contributed by atoms with Gasteiger partial charge in [0.2, 0.25) is 0 Å². The number of rotatable bonds is 7. The highest BCUT2D eigenvalue weighted by molar-refractivity contribution is 6.35. The minimum absolute atomic E-state index is 0.106. The van der Waals surface area contributed by atoms with Crippen LogP contribution in [0.5, 0.6) is 5.75 Å². The molecular weight excluding hydrogens is 499 g/mol. The van der Waals surface area contributed by atoms with Gasteiger partial charge < -0.3 is 14.6 Å². The molecule has 0 fully saturated rings. The maximum absolute atomic E-state index is 13.0. The van der Waals surface area contributed by atoms with E-state index in [1.165, 1.54) is 0 Å². The van der Waals surface area contributed by atoms with Gasteiger partial charge in [-0.05, 0) is 55.7 Å². The Morgan fingerprint density at radius 2 is 1.91 bits per heavy atom. The molecule has 2 heterocycles. The van der Waals surface area contributed by atoms with Crippen molar-refractivity contribution in [3.8, 4) is 5.75 Å². The monoisotopic (exact) mass is 518 g/mol. The van der Waals surface area contributed by atoms with Gasteiger partial charge >= 0.3 is 0 Å². The molecule has 0 aliphatic heterocycles. The molecule has 0 saturated carbocycles. The van der Waals surface area contributed by atoms with Crippen molar-refractivity contribution in [2.24, 2.45) is 0 Å². The quantitative estimate of drug-likeness (QED) is 0.296. The van der Waals surface area contributed by atoms with Crippen molar-refractivity contribution in [1.82, 2.24) is 14.9 Å². The number of carbonyl (C=O) groups excluding carboxylic acids is 1. The Morgan fingerprint density at radius 3 is 2.68 bits per heavy atom. The second kappa shape index (κ2) is 10.1. The van der Waals surface area contributed by atoms with Gasteiger partial charge in [-0.15, -0.1) is 0 Å². The smallest absolute Gasteiger partial charge is 0.279 e. The normalized spacial score (nSPS) is 11.0. The third kappa shape index (κ3) is 5.22. The summed E-state index contributed by atoms with van der Waals surface area (Å²) >= 11 is 18.5. The van der Waals surface area contributed by atoms with E-state index in [2.05, 4.69) is 15.6 Å². The fourth-order valence-corrected chi connectivity index (χ4v) is 3.99. The van der Waals surface area contributed by atoms with Crippen molar-refractivity contribution < 1.29 is 14.1 Å². The molecule has 34 heavy (non-hydrogen) atoms. The lowest BCUT2D eigenvalue weighted by molar-refractivity contribution is 0.101. The summed E-state index contributed by atoms with van der Waals surface area (Å²) in [5.74, 6) is 0.908. The van der Waals surface area contributed by atoms with E-state index in [9.17, 15) is 4.79 Å². The summed E-state index contributed by atoms with van der Waals surface area (Å²) in [6.45, 7) is 6.19. The largest absolute Gasteiger partial charge is 0.488 e. The lowest BCUT2D eigenvalue weighted by Crippen LogP contribution is -2.16. The van der Waals surface area contributed by atoms with Gasteiger partial charge in [0.25, 0.3) is 5.91 Å². The summed E-state index contributed by atoms with van der Waals surface area (Å²) < 4.78 is 12.8. The SMILES string of the molecule is Cc1cccc(OCc2c(C(=O)Nc3nn(Cc4ccc(Cl)cc4Cl)cc3Cl)noc2C)c1C. The predicted octanol–water partition coefficient (Wildman–Crippen LogP) is 6.64. The van der Waals surface area contributed by atoms with Gasteiger partial charge in [0.1, 0.15) is 23.1 Å². The number of hydrogen-bond acceptors (Lipinski definition) is 5. The summed E-state index contributed by atoms with van der Waals surface area (Å²) in [5.41, 5.74) is 3.60. The molecule has 0 unspecified atom stereocenters. The van der Waals surface area contributed by atoms with E-state index in [4.69, 9.17) is 44.1 Å². The van der Waals surface area contributed by atoms with Crippen molar-refractivity contribution in [2.75, 3.05) is 5.32 Å². The highest BCUT2D eigenvalue weighted by Crippen LogP contribution is 2.26. The van der Waals surface area contributed by atoms with Crippen molar-refractivity contribution in [1.29, 1.82) is 0 Å². The Hall–Kier alpha value is -3.00. The second-order valence-corrected chi connectivity index (χ2v) is 9.02. The molecule has 0 aliphatic rings. The molecular formula is C24H21Cl3N4O3. The number of ether oxygens (including phenoxy) is 1. The molecule has 0 bridgehead atoms. The summed E-state index contributed by atoms with van der Waals surface area (Å²) in [6.07, 6.45) is 1.60. The molecule has 0 spiro atoms. The number of aromatic nitrogens is 3. The van der Waals surface area contributed by atoms with Crippen LogP contribution in [-0.2, 0) is 13.2 Å². The number of amides is 1. The minimum Gasteiger partial charge on any atom is -0.488 e. The van der Waals surface area contributed by atoms with Gasteiger partial charge in [0.05, 0.1) is 12.1 Å². The fourth-order valence-electron chi connectivity index (χ4n) is 3.32. The third-order valence-corrected chi connectivity index (χ3v) is 6.29. The van der Waals surface area contributed by atoms with E-state index in [0.29, 0.717) is 27.9 Å². The van der Waals surface area contributed by atoms with Crippen LogP contribution in [0, 0.1) is 20.8 Å². The van der Waals surface area contributed by atoms with Crippen LogP contribution in [0.1, 0.15) is 38.5 Å². The van der Waals surface area contributed by atoms with Crippen LogP contribution in [0.15, 0.2) is 47.1 Å². The molecule has 4 rings (SSSR count). The average molecular weight is 520 g/mol. The summed E-state index contributed by atoms with van der Waals surface area (Å²) in [6, 6.07) is 11.0. The Labute approximate surface area is 211 Å². The van der Waals surface area contributed by atoms with E-state index in [0.717, 1.165) is 22.4 Å². The number of benzene rings is 2. The zero-order valence-corrected chi connectivity index (χ0v) is 20.9. The van der Waals surface area contributed by atoms with Crippen molar-refractivity contribution in [2.45, 2.75) is 33.9 Å². The first-order valence-electron chi connectivity index (χ1n) is 10.4. The van der Waals surface area contributed by atoms with Gasteiger partial charge in [-0.25, -0.2) is 0 Å². The van der Waals surface area contributed by atoms with Crippen LogP contribution in [-0.4, -0.2) is 20.8 Å². The minimum atomic E-state index is -0.506. The topological polar surface area (TPSA) is 82.2 Å².